The van der Waals surface area contributed by atoms with Crippen molar-refractivity contribution in [1.29, 1.82) is 0 Å². The standard InChI is InChI=1S/C31H36O9/c1-3-5-7-8-9-11-12-18-14-23-30(17-24(33)34)16-20-25(28(36)38-27(20)35)26-19(18)15-22(21(32)13-10-6-4-2)39-31(23,26)40-29(30)37/h3-6,14,18-19,22,26H,7-13,15-17H2,1-2H3,(H,33,34)/b5-3+,6-4+/t18-,19+,22-,26-,30-,31?/m0/s1. The molecule has 1 N–H and O–H groups in total. The van der Waals surface area contributed by atoms with E-state index in [1.54, 1.807) is 0 Å². The van der Waals surface area contributed by atoms with Crippen LogP contribution in [0.2, 0.25) is 0 Å². The third kappa shape index (κ3) is 4.48. The van der Waals surface area contributed by atoms with Gasteiger partial charge < -0.3 is 19.3 Å². The Morgan fingerprint density at radius 1 is 1.05 bits per heavy atom. The number of esters is 3. The summed E-state index contributed by atoms with van der Waals surface area (Å²) >= 11 is 0. The SMILES string of the molecule is C/C=C/CCCCC[C@H]1C=C2C34OC(=O)[C@]2(CC(=O)O)CC2=C(C(=O)OC2=O)[C@@H]3[C@@H]1C[C@@H](C(=O)CC/C=C/C)O4. The zero-order chi connectivity index (χ0) is 28.7. The lowest BCUT2D eigenvalue weighted by molar-refractivity contribution is -0.268. The summed E-state index contributed by atoms with van der Waals surface area (Å²) in [6, 6.07) is 0. The van der Waals surface area contributed by atoms with Gasteiger partial charge in [0.15, 0.2) is 5.78 Å². The molecule has 2 fully saturated rings. The number of rotatable bonds is 12. The molecular formula is C31H36O9. The van der Waals surface area contributed by atoms with Crippen molar-refractivity contribution in [2.45, 2.75) is 89.9 Å². The highest BCUT2D eigenvalue weighted by Crippen LogP contribution is 2.67. The fourth-order valence-electron chi connectivity index (χ4n) is 7.40. The largest absolute Gasteiger partial charge is 0.481 e. The number of Topliss-reactive ketones (excluding diaryl/α,β-unsaturated/α-hetero) is 1. The van der Waals surface area contributed by atoms with E-state index in [-0.39, 0.29) is 41.6 Å². The Morgan fingerprint density at radius 3 is 2.52 bits per heavy atom. The van der Waals surface area contributed by atoms with E-state index >= 15 is 0 Å². The topological polar surface area (TPSA) is 133 Å². The Kier molecular flexibility index (Phi) is 7.70. The molecule has 214 valence electrons. The third-order valence-electron chi connectivity index (χ3n) is 9.11. The first kappa shape index (κ1) is 28.2. The molecular weight excluding hydrogens is 516 g/mol. The molecule has 2 aliphatic carbocycles. The minimum Gasteiger partial charge on any atom is -0.481 e. The van der Waals surface area contributed by atoms with Gasteiger partial charge >= 0.3 is 23.9 Å². The number of carboxylic acid groups (broad SMARTS) is 1. The Labute approximate surface area is 233 Å². The molecule has 3 heterocycles. The van der Waals surface area contributed by atoms with Crippen molar-refractivity contribution in [2.75, 3.05) is 0 Å². The molecule has 0 aromatic rings. The van der Waals surface area contributed by atoms with Gasteiger partial charge in [0.2, 0.25) is 5.79 Å². The molecule has 2 saturated heterocycles. The third-order valence-corrected chi connectivity index (χ3v) is 9.11. The van der Waals surface area contributed by atoms with Crippen LogP contribution in [0, 0.1) is 23.2 Å². The second kappa shape index (κ2) is 10.9. The molecule has 0 amide bonds. The average Bonchev–Trinajstić information content (AvgIpc) is 3.25. The molecule has 9 heteroatoms. The van der Waals surface area contributed by atoms with E-state index in [1.165, 1.54) is 0 Å². The fourth-order valence-corrected chi connectivity index (χ4v) is 7.40. The maximum atomic E-state index is 13.7. The zero-order valence-corrected chi connectivity index (χ0v) is 23.0. The van der Waals surface area contributed by atoms with Gasteiger partial charge in [-0.05, 0) is 57.8 Å². The summed E-state index contributed by atoms with van der Waals surface area (Å²) < 4.78 is 17.4. The zero-order valence-electron chi connectivity index (χ0n) is 23.0. The smallest absolute Gasteiger partial charge is 0.343 e. The number of allylic oxidation sites excluding steroid dienone is 5. The number of carbonyl (C=O) groups excluding carboxylic acids is 4. The van der Waals surface area contributed by atoms with Crippen LogP contribution in [0.25, 0.3) is 0 Å². The quantitative estimate of drug-likeness (QED) is 0.161. The summed E-state index contributed by atoms with van der Waals surface area (Å²) in [6.45, 7) is 3.86. The molecule has 0 saturated carbocycles. The number of carbonyl (C=O) groups is 5. The van der Waals surface area contributed by atoms with Gasteiger partial charge in [0, 0.05) is 18.4 Å². The first-order valence-corrected chi connectivity index (χ1v) is 14.3. The highest BCUT2D eigenvalue weighted by molar-refractivity contribution is 6.14. The molecule has 6 atom stereocenters. The number of ketones is 1. The molecule has 3 aliphatic heterocycles. The Hall–Kier alpha value is -3.33. The summed E-state index contributed by atoms with van der Waals surface area (Å²) in [7, 11) is 0. The molecule has 1 spiro atoms. The van der Waals surface area contributed by atoms with Crippen LogP contribution >= 0.6 is 0 Å². The summed E-state index contributed by atoms with van der Waals surface area (Å²) in [6.07, 6.45) is 13.6. The highest BCUT2D eigenvalue weighted by atomic mass is 16.7. The van der Waals surface area contributed by atoms with Gasteiger partial charge in [0.05, 0.1) is 23.5 Å². The second-order valence-corrected chi connectivity index (χ2v) is 11.5. The maximum absolute atomic E-state index is 13.7. The van der Waals surface area contributed by atoms with Crippen LogP contribution in [0.3, 0.4) is 0 Å². The van der Waals surface area contributed by atoms with E-state index < -0.39 is 53.5 Å². The molecule has 5 aliphatic rings. The highest BCUT2D eigenvalue weighted by Gasteiger charge is 2.75. The van der Waals surface area contributed by atoms with Gasteiger partial charge in [-0.25, -0.2) is 9.59 Å². The van der Waals surface area contributed by atoms with Crippen LogP contribution in [0.4, 0.5) is 0 Å². The van der Waals surface area contributed by atoms with Gasteiger partial charge in [-0.1, -0.05) is 43.2 Å². The molecule has 5 rings (SSSR count). The number of ether oxygens (including phenoxy) is 3. The number of hydrogen-bond acceptors (Lipinski definition) is 8. The first-order chi connectivity index (χ1) is 19.2. The average molecular weight is 553 g/mol. The number of aliphatic carboxylic acids is 1. The van der Waals surface area contributed by atoms with Crippen molar-refractivity contribution >= 4 is 29.7 Å². The van der Waals surface area contributed by atoms with Crippen LogP contribution in [0.1, 0.15) is 78.1 Å². The van der Waals surface area contributed by atoms with Crippen molar-refractivity contribution in [3.63, 3.8) is 0 Å². The number of cyclic esters (lactones) is 2. The Balaban J connectivity index is 1.60. The molecule has 0 aromatic carbocycles. The van der Waals surface area contributed by atoms with Gasteiger partial charge in [-0.2, -0.15) is 0 Å². The number of unbranched alkanes of at least 4 members (excludes halogenated alkanes) is 3. The summed E-state index contributed by atoms with van der Waals surface area (Å²) in [5, 5.41) is 9.90. The van der Waals surface area contributed by atoms with Crippen molar-refractivity contribution in [3.05, 3.63) is 47.1 Å². The molecule has 5 bridgehead atoms. The number of carboxylic acids is 1. The van der Waals surface area contributed by atoms with Crippen molar-refractivity contribution < 1.29 is 43.3 Å². The van der Waals surface area contributed by atoms with Crippen LogP contribution < -0.4 is 0 Å². The van der Waals surface area contributed by atoms with Crippen LogP contribution in [-0.2, 0) is 38.2 Å². The van der Waals surface area contributed by atoms with Crippen LogP contribution in [0.5, 0.6) is 0 Å². The molecule has 1 unspecified atom stereocenters. The lowest BCUT2D eigenvalue weighted by Gasteiger charge is -2.52. The van der Waals surface area contributed by atoms with E-state index in [2.05, 4.69) is 6.08 Å². The first-order valence-electron chi connectivity index (χ1n) is 14.3. The monoisotopic (exact) mass is 552 g/mol. The molecule has 0 aromatic heterocycles. The fraction of sp³-hybridized carbons (Fsp3) is 0.581. The lowest BCUT2D eigenvalue weighted by atomic mass is 9.59. The van der Waals surface area contributed by atoms with E-state index in [1.807, 2.05) is 38.2 Å². The summed E-state index contributed by atoms with van der Waals surface area (Å²) in [4.78, 5) is 65.1. The number of hydrogen-bond donors (Lipinski definition) is 1. The van der Waals surface area contributed by atoms with Crippen LogP contribution in [0.15, 0.2) is 47.1 Å². The molecule has 9 nitrogen and oxygen atoms in total. The van der Waals surface area contributed by atoms with Gasteiger partial charge in [-0.3, -0.25) is 14.4 Å². The van der Waals surface area contributed by atoms with Crippen LogP contribution in [-0.4, -0.2) is 46.7 Å². The second-order valence-electron chi connectivity index (χ2n) is 11.5. The van der Waals surface area contributed by atoms with Gasteiger partial charge in [0.25, 0.3) is 0 Å². The van der Waals surface area contributed by atoms with Crippen molar-refractivity contribution in [1.82, 2.24) is 0 Å². The minimum absolute atomic E-state index is 0.0270. The predicted molar refractivity (Wildman–Crippen MR) is 141 cm³/mol. The van der Waals surface area contributed by atoms with Gasteiger partial charge in [0.1, 0.15) is 11.5 Å². The van der Waals surface area contributed by atoms with E-state index in [0.717, 1.165) is 32.1 Å². The van der Waals surface area contributed by atoms with Crippen molar-refractivity contribution in [2.24, 2.45) is 23.2 Å². The Bertz CT molecular complexity index is 1250. The normalized spacial score (nSPS) is 34.1. The minimum atomic E-state index is -1.82. The summed E-state index contributed by atoms with van der Waals surface area (Å²) in [5.41, 5.74) is -1.25. The van der Waals surface area contributed by atoms with Gasteiger partial charge in [-0.15, -0.1) is 0 Å². The van der Waals surface area contributed by atoms with Crippen molar-refractivity contribution in [3.8, 4) is 0 Å². The molecule has 0 radical (unpaired) electrons. The molecule has 40 heavy (non-hydrogen) atoms. The Morgan fingerprint density at radius 2 is 1.80 bits per heavy atom. The van der Waals surface area contributed by atoms with E-state index in [4.69, 9.17) is 14.2 Å². The maximum Gasteiger partial charge on any atom is 0.343 e. The van der Waals surface area contributed by atoms with E-state index in [9.17, 15) is 29.1 Å². The van der Waals surface area contributed by atoms with E-state index in [0.29, 0.717) is 18.4 Å². The summed E-state index contributed by atoms with van der Waals surface area (Å²) in [5.74, 6) is -7.03. The lowest BCUT2D eigenvalue weighted by Crippen LogP contribution is -2.59. The predicted octanol–water partition coefficient (Wildman–Crippen LogP) is 4.51.